The van der Waals surface area contributed by atoms with Gasteiger partial charge < -0.3 is 19.1 Å². The van der Waals surface area contributed by atoms with E-state index in [0.29, 0.717) is 54.3 Å². The van der Waals surface area contributed by atoms with Gasteiger partial charge in [-0.1, -0.05) is 29.8 Å². The third kappa shape index (κ3) is 8.66. The molecule has 0 saturated heterocycles. The quantitative estimate of drug-likeness (QED) is 0.299. The molecule has 49 heavy (non-hydrogen) atoms. The van der Waals surface area contributed by atoms with E-state index in [1.807, 2.05) is 12.1 Å². The largest absolute Gasteiger partial charge is 0.491 e. The molecule has 3 heterocycles. The molecule has 4 atom stereocenters. The standard InChI is InChI=1S/C36H44ClN5O6S/c1-41-30(16-17-38-41)24-48-36(44)40-49(45)19-7-3-4-9-33(46-2)31-14-11-28(31)23-42-22-27-10-13-29(37)20-25(27)8-5-6-18-47-34-15-12-26(21-32(34)42)35(43)39-49/h4,9-10,12-13,15-17,20-21,28,31,33H,3,5-8,11,14,18-19,22-24H2,1-2H3,(H,39,40,43,44,45)/b9-4+/t28-,31+,33-,49?/m0/s1. The normalized spacial score (nSPS) is 25.2. The van der Waals surface area contributed by atoms with Gasteiger partial charge in [0.05, 0.1) is 29.8 Å². The first-order valence-electron chi connectivity index (χ1n) is 16.9. The van der Waals surface area contributed by atoms with Crippen LogP contribution in [0.1, 0.15) is 65.7 Å². The summed E-state index contributed by atoms with van der Waals surface area (Å²) in [6.07, 6.45) is 10.5. The molecule has 2 bridgehead atoms. The molecule has 2 aliphatic heterocycles. The number of carbonyl (C=O) groups excluding carboxylic acids is 2. The summed E-state index contributed by atoms with van der Waals surface area (Å²) in [5, 5.41) is 4.78. The Morgan fingerprint density at radius 3 is 2.78 bits per heavy atom. The maximum Gasteiger partial charge on any atom is 0.420 e. The van der Waals surface area contributed by atoms with Crippen molar-refractivity contribution in [3.8, 4) is 5.75 Å². The number of nitrogens with zero attached hydrogens (tertiary/aromatic N) is 4. The number of hydrogen-bond acceptors (Lipinski definition) is 8. The van der Waals surface area contributed by atoms with Gasteiger partial charge in [0.1, 0.15) is 22.3 Å². The Hall–Kier alpha value is -3.87. The molecular formula is C36H44ClN5O6S. The Labute approximate surface area is 293 Å². The molecule has 11 nitrogen and oxygen atoms in total. The second kappa shape index (κ2) is 15.8. The van der Waals surface area contributed by atoms with E-state index in [2.05, 4.69) is 37.3 Å². The van der Waals surface area contributed by atoms with Crippen LogP contribution in [0.3, 0.4) is 0 Å². The van der Waals surface area contributed by atoms with Gasteiger partial charge in [0.25, 0.3) is 5.91 Å². The minimum Gasteiger partial charge on any atom is -0.491 e. The van der Waals surface area contributed by atoms with E-state index >= 15 is 0 Å². The molecule has 13 heteroatoms. The predicted octanol–water partition coefficient (Wildman–Crippen LogP) is 6.64. The summed E-state index contributed by atoms with van der Waals surface area (Å²) < 4.78 is 40.0. The fourth-order valence-corrected chi connectivity index (χ4v) is 8.45. The molecule has 1 N–H and O–H groups in total. The van der Waals surface area contributed by atoms with Gasteiger partial charge in [-0.25, -0.2) is 13.7 Å². The molecule has 1 unspecified atom stereocenters. The summed E-state index contributed by atoms with van der Waals surface area (Å²) in [7, 11) is -0.0752. The molecule has 262 valence electrons. The van der Waals surface area contributed by atoms with Crippen molar-refractivity contribution >= 4 is 39.2 Å². The number of nitrogens with one attached hydrogen (secondary N) is 1. The molecule has 1 saturated carbocycles. The molecule has 3 aromatic rings. The number of rotatable bonds is 4. The lowest BCUT2D eigenvalue weighted by atomic mass is 9.70. The van der Waals surface area contributed by atoms with E-state index in [-0.39, 0.29) is 24.0 Å². The van der Waals surface area contributed by atoms with Crippen LogP contribution < -0.4 is 14.4 Å². The van der Waals surface area contributed by atoms with Crippen molar-refractivity contribution in [2.24, 2.45) is 23.2 Å². The molecular weight excluding hydrogens is 666 g/mol. The maximum atomic E-state index is 14.2. The second-order valence-electron chi connectivity index (χ2n) is 12.9. The molecule has 6 rings (SSSR count). The summed E-state index contributed by atoms with van der Waals surface area (Å²) in [6, 6.07) is 13.0. The Kier molecular flexibility index (Phi) is 11.3. The molecule has 1 aliphatic carbocycles. The third-order valence-electron chi connectivity index (χ3n) is 9.66. The van der Waals surface area contributed by atoms with Gasteiger partial charge in [-0.3, -0.25) is 9.48 Å². The van der Waals surface area contributed by atoms with Crippen LogP contribution in [0, 0.1) is 11.8 Å². The summed E-state index contributed by atoms with van der Waals surface area (Å²) in [5.41, 5.74) is 4.05. The topological polar surface area (TPSA) is 124 Å². The fourth-order valence-electron chi connectivity index (χ4n) is 6.76. The van der Waals surface area contributed by atoms with E-state index in [1.165, 1.54) is 11.1 Å². The third-order valence-corrected chi connectivity index (χ3v) is 11.7. The van der Waals surface area contributed by atoms with Gasteiger partial charge in [-0.05, 0) is 104 Å². The van der Waals surface area contributed by atoms with Crippen LogP contribution in [0.2, 0.25) is 5.02 Å². The number of hydrogen-bond donors (Lipinski definition) is 1. The number of anilines is 1. The summed E-state index contributed by atoms with van der Waals surface area (Å²) in [4.78, 5) is 29.0. The van der Waals surface area contributed by atoms with Crippen LogP contribution in [0.4, 0.5) is 10.5 Å². The number of carbonyl (C=O) groups is 2. The van der Waals surface area contributed by atoms with Gasteiger partial charge >= 0.3 is 6.09 Å². The highest BCUT2D eigenvalue weighted by Crippen LogP contribution is 2.42. The minimum atomic E-state index is -3.54. The van der Waals surface area contributed by atoms with Crippen molar-refractivity contribution in [3.05, 3.63) is 88.2 Å². The van der Waals surface area contributed by atoms with Crippen molar-refractivity contribution < 1.29 is 28.0 Å². The number of methoxy groups -OCH3 is 1. The molecule has 1 aromatic heterocycles. The van der Waals surface area contributed by atoms with Crippen LogP contribution >= 0.6 is 11.6 Å². The first-order valence-corrected chi connectivity index (χ1v) is 19.0. The number of fused-ring (bicyclic) bond motifs is 3. The first-order chi connectivity index (χ1) is 23.7. The number of ether oxygens (including phenoxy) is 3. The van der Waals surface area contributed by atoms with E-state index in [4.69, 9.17) is 25.8 Å². The van der Waals surface area contributed by atoms with Gasteiger partial charge in [0, 0.05) is 44.0 Å². The van der Waals surface area contributed by atoms with Crippen molar-refractivity contribution in [3.63, 3.8) is 0 Å². The Bertz CT molecular complexity index is 1820. The van der Waals surface area contributed by atoms with Gasteiger partial charge in [0.15, 0.2) is 0 Å². The summed E-state index contributed by atoms with van der Waals surface area (Å²) in [6.45, 7) is 1.77. The number of allylic oxidation sites excluding steroid dienone is 1. The molecule has 2 aromatic carbocycles. The number of aryl methyl sites for hydroxylation is 2. The lowest BCUT2D eigenvalue weighted by molar-refractivity contribution is 0.0134. The van der Waals surface area contributed by atoms with Crippen LogP contribution in [-0.2, 0) is 46.0 Å². The predicted molar refractivity (Wildman–Crippen MR) is 189 cm³/mol. The molecule has 0 radical (unpaired) electrons. The van der Waals surface area contributed by atoms with Gasteiger partial charge in [-0.15, -0.1) is 4.36 Å². The molecule has 3 aliphatic rings. The average molecular weight is 710 g/mol. The lowest BCUT2D eigenvalue weighted by Gasteiger charge is -2.43. The second-order valence-corrected chi connectivity index (χ2v) is 15.4. The fraction of sp³-hybridized carbons (Fsp3) is 0.472. The first kappa shape index (κ1) is 35.0. The summed E-state index contributed by atoms with van der Waals surface area (Å²) in [5.74, 6) is 0.631. The van der Waals surface area contributed by atoms with E-state index < -0.39 is 21.9 Å². The maximum absolute atomic E-state index is 14.2. The smallest absolute Gasteiger partial charge is 0.420 e. The highest BCUT2D eigenvalue weighted by molar-refractivity contribution is 7.92. The number of halogens is 1. The average Bonchev–Trinajstić information content (AvgIpc) is 3.47. The summed E-state index contributed by atoms with van der Waals surface area (Å²) >= 11 is 6.44. The minimum absolute atomic E-state index is 0.0346. The zero-order valence-corrected chi connectivity index (χ0v) is 29.6. The number of benzene rings is 2. The van der Waals surface area contributed by atoms with Crippen LogP contribution in [0.15, 0.2) is 65.2 Å². The zero-order chi connectivity index (χ0) is 34.4. The lowest BCUT2D eigenvalue weighted by Crippen LogP contribution is -2.43. The Balaban J connectivity index is 1.38. The van der Waals surface area contributed by atoms with Crippen molar-refractivity contribution in [2.45, 2.75) is 64.2 Å². The van der Waals surface area contributed by atoms with E-state index in [9.17, 15) is 13.8 Å². The Morgan fingerprint density at radius 2 is 2.00 bits per heavy atom. The molecule has 0 spiro atoms. The van der Waals surface area contributed by atoms with Crippen molar-refractivity contribution in [2.75, 3.05) is 30.9 Å². The zero-order valence-electron chi connectivity index (χ0n) is 28.0. The molecule has 2 amide bonds. The van der Waals surface area contributed by atoms with Crippen LogP contribution in [-0.4, -0.2) is 58.1 Å². The number of amides is 2. The van der Waals surface area contributed by atoms with E-state index in [1.54, 1.807) is 49.3 Å². The number of aromatic nitrogens is 2. The SMILES string of the molecule is CO[C@H]1/C=C/CCCS(=O)(NC(=O)OCc2ccnn2C)=NC(=O)c2ccc3c(c2)N(Cc2ccc(Cl)cc2CCCCO3)C[C@@H]2CC[C@H]21. The molecule has 1 fully saturated rings. The highest BCUT2D eigenvalue weighted by Gasteiger charge is 2.38. The monoisotopic (exact) mass is 709 g/mol. The van der Waals surface area contributed by atoms with Crippen LogP contribution in [0.25, 0.3) is 0 Å². The van der Waals surface area contributed by atoms with Crippen LogP contribution in [0.5, 0.6) is 5.75 Å². The van der Waals surface area contributed by atoms with Crippen molar-refractivity contribution in [1.82, 2.24) is 14.5 Å². The van der Waals surface area contributed by atoms with E-state index in [0.717, 1.165) is 44.3 Å². The van der Waals surface area contributed by atoms with Gasteiger partial charge in [0.2, 0.25) is 0 Å². The Morgan fingerprint density at radius 1 is 1.12 bits per heavy atom. The van der Waals surface area contributed by atoms with Crippen molar-refractivity contribution in [1.29, 1.82) is 0 Å². The van der Waals surface area contributed by atoms with Gasteiger partial charge in [-0.2, -0.15) is 5.10 Å². The highest BCUT2D eigenvalue weighted by atomic mass is 35.5.